The van der Waals surface area contributed by atoms with Crippen LogP contribution in [0.5, 0.6) is 28.7 Å². The minimum Gasteiger partial charge on any atom is -0.502 e. The van der Waals surface area contributed by atoms with Crippen molar-refractivity contribution in [2.45, 2.75) is 38.0 Å². The zero-order chi connectivity index (χ0) is 26.6. The number of cyclic esters (lactones) is 1. The summed E-state index contributed by atoms with van der Waals surface area (Å²) in [5.41, 5.74) is 2.60. The van der Waals surface area contributed by atoms with Gasteiger partial charge in [-0.2, -0.15) is 0 Å². The van der Waals surface area contributed by atoms with Crippen LogP contribution in [0.4, 0.5) is 0 Å². The summed E-state index contributed by atoms with van der Waals surface area (Å²) < 4.78 is 27.9. The van der Waals surface area contributed by atoms with Crippen LogP contribution in [0, 0.1) is 17.8 Å². The number of halogens is 1. The number of esters is 1. The Balaban J connectivity index is 0.00000308. The number of phenols is 1. The van der Waals surface area contributed by atoms with Gasteiger partial charge in [0.25, 0.3) is 0 Å². The molecule has 0 aromatic heterocycles. The summed E-state index contributed by atoms with van der Waals surface area (Å²) in [6, 6.07) is 7.37. The fraction of sp³-hybridized carbons (Fsp3) is 0.517. The van der Waals surface area contributed by atoms with Gasteiger partial charge >= 0.3 is 5.97 Å². The van der Waals surface area contributed by atoms with Gasteiger partial charge in [-0.15, -0.1) is 12.4 Å². The van der Waals surface area contributed by atoms with Crippen LogP contribution in [-0.4, -0.2) is 62.6 Å². The molecule has 4 atom stereocenters. The molecular formula is C29H34ClNO8. The van der Waals surface area contributed by atoms with E-state index in [0.29, 0.717) is 23.8 Å². The van der Waals surface area contributed by atoms with Gasteiger partial charge < -0.3 is 33.7 Å². The van der Waals surface area contributed by atoms with Gasteiger partial charge in [0, 0.05) is 31.3 Å². The fourth-order valence-corrected chi connectivity index (χ4v) is 6.61. The van der Waals surface area contributed by atoms with Crippen LogP contribution in [0.3, 0.4) is 0 Å². The van der Waals surface area contributed by atoms with Crippen molar-refractivity contribution >= 4 is 24.3 Å². The molecule has 1 unspecified atom stereocenters. The van der Waals surface area contributed by atoms with Crippen LogP contribution in [-0.2, 0) is 14.3 Å². The average Bonchev–Trinajstić information content (AvgIpc) is 3.54. The molecule has 2 aromatic rings. The normalized spacial score (nSPS) is 25.3. The standard InChI is InChI=1S/C29H33NO8.ClH/c1-15-4-6-30(7-5-15)25(31)12-18-17-10-21-22(38-14-37-21)11-19(17)26(27-20(18)13-36-29(27)33)16-8-23(34-2)28(32)24(9-16)35-3;/h8-11,15,18,20,26-27,32H,4-7,12-14H2,1-3H3;1H/t18-,20?,26-,27+;/m1./s1. The molecule has 0 saturated carbocycles. The monoisotopic (exact) mass is 559 g/mol. The summed E-state index contributed by atoms with van der Waals surface area (Å²) in [5.74, 6) is 0.744. The van der Waals surface area contributed by atoms with Crippen molar-refractivity contribution in [1.82, 2.24) is 4.90 Å². The van der Waals surface area contributed by atoms with Gasteiger partial charge in [0.1, 0.15) is 0 Å². The molecule has 6 rings (SSSR count). The average molecular weight is 560 g/mol. The Morgan fingerprint density at radius 2 is 1.62 bits per heavy atom. The molecule has 2 saturated heterocycles. The number of phenolic OH excluding ortho intramolecular Hbond substituents is 1. The molecule has 1 aliphatic carbocycles. The number of aromatic hydroxyl groups is 1. The summed E-state index contributed by atoms with van der Waals surface area (Å²) in [7, 11) is 2.95. The number of fused-ring (bicyclic) bond motifs is 3. The van der Waals surface area contributed by atoms with Crippen LogP contribution in [0.2, 0.25) is 0 Å². The van der Waals surface area contributed by atoms with E-state index in [4.69, 9.17) is 23.7 Å². The van der Waals surface area contributed by atoms with Crippen molar-refractivity contribution in [1.29, 1.82) is 0 Å². The van der Waals surface area contributed by atoms with Gasteiger partial charge in [0.05, 0.1) is 26.7 Å². The highest BCUT2D eigenvalue weighted by Gasteiger charge is 2.53. The van der Waals surface area contributed by atoms with E-state index < -0.39 is 11.8 Å². The first-order chi connectivity index (χ1) is 18.4. The van der Waals surface area contributed by atoms with Gasteiger partial charge in [0.15, 0.2) is 23.0 Å². The van der Waals surface area contributed by atoms with Gasteiger partial charge in [-0.25, -0.2) is 0 Å². The number of carbonyl (C=O) groups excluding carboxylic acids is 2. The molecule has 9 nitrogen and oxygen atoms in total. The van der Waals surface area contributed by atoms with Gasteiger partial charge in [-0.3, -0.25) is 9.59 Å². The third-order valence-corrected chi connectivity index (χ3v) is 8.73. The van der Waals surface area contributed by atoms with Crippen molar-refractivity contribution in [2.75, 3.05) is 40.7 Å². The number of rotatable bonds is 5. The zero-order valence-electron chi connectivity index (χ0n) is 22.3. The largest absolute Gasteiger partial charge is 0.502 e. The van der Waals surface area contributed by atoms with E-state index in [1.807, 2.05) is 17.0 Å². The lowest BCUT2D eigenvalue weighted by atomic mass is 9.62. The maximum absolute atomic E-state index is 13.5. The number of amides is 1. The summed E-state index contributed by atoms with van der Waals surface area (Å²) in [4.78, 5) is 28.8. The lowest BCUT2D eigenvalue weighted by Gasteiger charge is -2.40. The van der Waals surface area contributed by atoms with Crippen molar-refractivity contribution in [3.8, 4) is 28.7 Å². The first-order valence-corrected chi connectivity index (χ1v) is 13.2. The second kappa shape index (κ2) is 10.7. The molecule has 2 fully saturated rings. The van der Waals surface area contributed by atoms with E-state index in [0.717, 1.165) is 42.6 Å². The summed E-state index contributed by atoms with van der Waals surface area (Å²) in [5, 5.41) is 10.5. The molecular weight excluding hydrogens is 526 g/mol. The Hall–Kier alpha value is -3.33. The van der Waals surface area contributed by atoms with E-state index in [9.17, 15) is 14.7 Å². The van der Waals surface area contributed by atoms with E-state index >= 15 is 0 Å². The molecule has 3 aliphatic heterocycles. The van der Waals surface area contributed by atoms with Gasteiger partial charge in [-0.05, 0) is 65.6 Å². The minimum atomic E-state index is -0.513. The predicted octanol–water partition coefficient (Wildman–Crippen LogP) is 4.23. The number of benzene rings is 2. The number of hydrogen-bond acceptors (Lipinski definition) is 8. The van der Waals surface area contributed by atoms with Gasteiger partial charge in [-0.1, -0.05) is 6.92 Å². The van der Waals surface area contributed by atoms with Crippen LogP contribution in [0.25, 0.3) is 0 Å². The SMILES string of the molecule is COc1cc([C@@H]2c3cc4c(cc3[C@@H](CC(=O)N3CCC(C)CC3)C3COC(=O)[C@@H]32)OCO4)cc(OC)c1O.Cl. The van der Waals surface area contributed by atoms with Crippen LogP contribution < -0.4 is 18.9 Å². The van der Waals surface area contributed by atoms with Crippen LogP contribution in [0.15, 0.2) is 24.3 Å². The number of methoxy groups -OCH3 is 2. The molecule has 10 heteroatoms. The quantitative estimate of drug-likeness (QED) is 0.543. The lowest BCUT2D eigenvalue weighted by molar-refractivity contribution is -0.141. The number of carbonyl (C=O) groups is 2. The topological polar surface area (TPSA) is 104 Å². The molecule has 1 amide bonds. The summed E-state index contributed by atoms with van der Waals surface area (Å²) in [6.07, 6.45) is 2.31. The van der Waals surface area contributed by atoms with Crippen molar-refractivity contribution in [3.05, 3.63) is 41.0 Å². The molecule has 2 aromatic carbocycles. The number of nitrogens with zero attached hydrogens (tertiary/aromatic N) is 1. The number of piperidine rings is 1. The molecule has 3 heterocycles. The van der Waals surface area contributed by atoms with E-state index in [1.54, 1.807) is 12.1 Å². The Kier molecular flexibility index (Phi) is 7.46. The first kappa shape index (κ1) is 27.2. The molecule has 39 heavy (non-hydrogen) atoms. The molecule has 1 N–H and O–H groups in total. The minimum absolute atomic E-state index is 0. The number of likely N-dealkylation sites (tertiary alicyclic amines) is 1. The Morgan fingerprint density at radius 3 is 2.23 bits per heavy atom. The summed E-state index contributed by atoms with van der Waals surface area (Å²) in [6.45, 7) is 4.12. The third-order valence-electron chi connectivity index (χ3n) is 8.73. The highest BCUT2D eigenvalue weighted by Crippen LogP contribution is 2.57. The second-order valence-electron chi connectivity index (χ2n) is 10.8. The zero-order valence-corrected chi connectivity index (χ0v) is 23.1. The Morgan fingerprint density at radius 1 is 1.00 bits per heavy atom. The molecule has 4 aliphatic rings. The molecule has 210 valence electrons. The van der Waals surface area contributed by atoms with E-state index in [2.05, 4.69) is 6.92 Å². The molecule has 0 bridgehead atoms. The number of hydrogen-bond donors (Lipinski definition) is 1. The maximum atomic E-state index is 13.5. The molecule has 0 spiro atoms. The highest BCUT2D eigenvalue weighted by molar-refractivity contribution is 5.85. The molecule has 0 radical (unpaired) electrons. The predicted molar refractivity (Wildman–Crippen MR) is 143 cm³/mol. The third kappa shape index (κ3) is 4.60. The number of ether oxygens (including phenoxy) is 5. The van der Waals surface area contributed by atoms with Gasteiger partial charge in [0.2, 0.25) is 18.4 Å². The van der Waals surface area contributed by atoms with Crippen LogP contribution >= 0.6 is 12.4 Å². The maximum Gasteiger partial charge on any atom is 0.310 e. The van der Waals surface area contributed by atoms with Crippen molar-refractivity contribution in [3.63, 3.8) is 0 Å². The first-order valence-electron chi connectivity index (χ1n) is 13.2. The Labute approximate surface area is 233 Å². The van der Waals surface area contributed by atoms with E-state index in [-0.39, 0.29) is 66.8 Å². The highest BCUT2D eigenvalue weighted by atomic mass is 35.5. The Bertz CT molecular complexity index is 1250. The smallest absolute Gasteiger partial charge is 0.310 e. The fourth-order valence-electron chi connectivity index (χ4n) is 6.61. The summed E-state index contributed by atoms with van der Waals surface area (Å²) >= 11 is 0. The van der Waals surface area contributed by atoms with Crippen molar-refractivity contribution in [2.24, 2.45) is 17.8 Å². The van der Waals surface area contributed by atoms with Crippen LogP contribution in [0.1, 0.15) is 54.7 Å². The van der Waals surface area contributed by atoms with E-state index in [1.165, 1.54) is 14.2 Å². The second-order valence-corrected chi connectivity index (χ2v) is 10.8. The lowest BCUT2D eigenvalue weighted by Crippen LogP contribution is -2.41. The van der Waals surface area contributed by atoms with Crippen molar-refractivity contribution < 1.29 is 38.4 Å².